The first kappa shape index (κ1) is 32.1. The van der Waals surface area contributed by atoms with Crippen LogP contribution in [0.25, 0.3) is 0 Å². The second-order valence-electron chi connectivity index (χ2n) is 9.95. The number of amides is 2. The Morgan fingerprint density at radius 2 is 1.33 bits per heavy atom. The fraction of sp³-hybridized carbons (Fsp3) is 0.212. The summed E-state index contributed by atoms with van der Waals surface area (Å²) in [6, 6.07) is 29.7. The highest BCUT2D eigenvalue weighted by molar-refractivity contribution is 7.92. The third-order valence-corrected chi connectivity index (χ3v) is 9.10. The molecule has 224 valence electrons. The summed E-state index contributed by atoms with van der Waals surface area (Å²) in [5.41, 5.74) is 1.92. The zero-order valence-corrected chi connectivity index (χ0v) is 26.0. The highest BCUT2D eigenvalue weighted by Gasteiger charge is 2.34. The minimum Gasteiger partial charge on any atom is -0.354 e. The number of hydrogen-bond acceptors (Lipinski definition) is 4. The molecule has 4 aromatic carbocycles. The van der Waals surface area contributed by atoms with Crippen molar-refractivity contribution in [3.63, 3.8) is 0 Å². The van der Waals surface area contributed by atoms with E-state index in [-0.39, 0.29) is 23.8 Å². The maximum Gasteiger partial charge on any atom is 0.264 e. The van der Waals surface area contributed by atoms with Crippen LogP contribution >= 0.6 is 23.2 Å². The van der Waals surface area contributed by atoms with Gasteiger partial charge in [0, 0.05) is 29.6 Å². The van der Waals surface area contributed by atoms with Crippen molar-refractivity contribution in [3.8, 4) is 0 Å². The van der Waals surface area contributed by atoms with Gasteiger partial charge >= 0.3 is 0 Å². The van der Waals surface area contributed by atoms with Gasteiger partial charge in [-0.2, -0.15) is 0 Å². The molecule has 0 unspecified atom stereocenters. The minimum absolute atomic E-state index is 0.0145. The first-order chi connectivity index (χ1) is 20.7. The Bertz CT molecular complexity index is 1600. The number of nitrogens with zero attached hydrogens (tertiary/aromatic N) is 2. The number of para-hydroxylation sites is 1. The maximum absolute atomic E-state index is 14.3. The van der Waals surface area contributed by atoms with Gasteiger partial charge in [0.05, 0.1) is 10.6 Å². The molecule has 0 aromatic heterocycles. The van der Waals surface area contributed by atoms with E-state index >= 15 is 0 Å². The van der Waals surface area contributed by atoms with Crippen LogP contribution in [0.1, 0.15) is 24.5 Å². The molecule has 0 heterocycles. The van der Waals surface area contributed by atoms with Crippen LogP contribution in [0.2, 0.25) is 10.0 Å². The Labute approximate surface area is 263 Å². The average molecular weight is 639 g/mol. The van der Waals surface area contributed by atoms with Crippen molar-refractivity contribution in [1.82, 2.24) is 10.2 Å². The second-order valence-corrected chi connectivity index (χ2v) is 12.7. The molecule has 7 nitrogen and oxygen atoms in total. The number of hydrogen-bond donors (Lipinski definition) is 1. The van der Waals surface area contributed by atoms with Gasteiger partial charge in [-0.25, -0.2) is 8.42 Å². The van der Waals surface area contributed by atoms with Crippen molar-refractivity contribution >= 4 is 50.7 Å². The number of carbonyl (C=O) groups is 2. The number of anilines is 1. The highest BCUT2D eigenvalue weighted by Crippen LogP contribution is 2.26. The lowest BCUT2D eigenvalue weighted by Gasteiger charge is -2.34. The van der Waals surface area contributed by atoms with Crippen molar-refractivity contribution in [2.24, 2.45) is 0 Å². The molecule has 0 radical (unpaired) electrons. The molecule has 0 bridgehead atoms. The van der Waals surface area contributed by atoms with Crippen LogP contribution in [0.15, 0.2) is 114 Å². The van der Waals surface area contributed by atoms with Crippen LogP contribution in [-0.4, -0.2) is 44.3 Å². The minimum atomic E-state index is -4.19. The summed E-state index contributed by atoms with van der Waals surface area (Å²) in [7, 11) is -4.19. The monoisotopic (exact) mass is 637 g/mol. The Hall–Kier alpha value is -3.85. The van der Waals surface area contributed by atoms with E-state index in [9.17, 15) is 18.0 Å². The van der Waals surface area contributed by atoms with Crippen molar-refractivity contribution in [2.45, 2.75) is 37.2 Å². The van der Waals surface area contributed by atoms with Gasteiger partial charge in [-0.15, -0.1) is 0 Å². The Balaban J connectivity index is 1.77. The summed E-state index contributed by atoms with van der Waals surface area (Å²) in [6.07, 6.45) is 0.959. The number of benzene rings is 4. The lowest BCUT2D eigenvalue weighted by atomic mass is 10.0. The summed E-state index contributed by atoms with van der Waals surface area (Å²) >= 11 is 12.1. The Kier molecular flexibility index (Phi) is 11.2. The summed E-state index contributed by atoms with van der Waals surface area (Å²) in [5.74, 6) is -0.858. The van der Waals surface area contributed by atoms with Crippen LogP contribution < -0.4 is 9.62 Å². The third-order valence-electron chi connectivity index (χ3n) is 6.81. The smallest absolute Gasteiger partial charge is 0.264 e. The van der Waals surface area contributed by atoms with Crippen LogP contribution in [0, 0.1) is 0 Å². The Morgan fingerprint density at radius 1 is 0.767 bits per heavy atom. The van der Waals surface area contributed by atoms with E-state index < -0.39 is 28.5 Å². The molecule has 43 heavy (non-hydrogen) atoms. The molecule has 0 saturated heterocycles. The van der Waals surface area contributed by atoms with Gasteiger partial charge in [-0.05, 0) is 66.1 Å². The summed E-state index contributed by atoms with van der Waals surface area (Å²) < 4.78 is 29.0. The van der Waals surface area contributed by atoms with Crippen molar-refractivity contribution < 1.29 is 18.0 Å². The number of sulfonamides is 1. The summed E-state index contributed by atoms with van der Waals surface area (Å²) in [6.45, 7) is 1.92. The molecular weight excluding hydrogens is 605 g/mol. The predicted molar refractivity (Wildman–Crippen MR) is 172 cm³/mol. The molecule has 1 N–H and O–H groups in total. The zero-order valence-electron chi connectivity index (χ0n) is 23.7. The molecule has 0 aliphatic rings. The van der Waals surface area contributed by atoms with Crippen LogP contribution in [0.3, 0.4) is 0 Å². The van der Waals surface area contributed by atoms with Crippen molar-refractivity contribution in [3.05, 3.63) is 130 Å². The van der Waals surface area contributed by atoms with E-state index in [2.05, 4.69) is 5.32 Å². The SMILES string of the molecule is CCCNC(=O)[C@H](Cc1ccccc1)N(Cc1ccc(Cl)cc1)C(=O)CN(c1ccccc1)S(=O)(=O)c1ccc(Cl)cc1. The van der Waals surface area contributed by atoms with Crippen LogP contribution in [0.5, 0.6) is 0 Å². The quantitative estimate of drug-likeness (QED) is 0.185. The van der Waals surface area contributed by atoms with Crippen LogP contribution in [0.4, 0.5) is 5.69 Å². The molecule has 2 amide bonds. The molecule has 4 aromatic rings. The number of rotatable bonds is 13. The Morgan fingerprint density at radius 3 is 1.91 bits per heavy atom. The predicted octanol–water partition coefficient (Wildman–Crippen LogP) is 6.36. The average Bonchev–Trinajstić information content (AvgIpc) is 3.02. The van der Waals surface area contributed by atoms with Gasteiger partial charge in [-0.3, -0.25) is 13.9 Å². The van der Waals surface area contributed by atoms with Gasteiger partial charge < -0.3 is 10.2 Å². The number of carbonyl (C=O) groups excluding carboxylic acids is 2. The van der Waals surface area contributed by atoms with E-state index in [4.69, 9.17) is 23.2 Å². The van der Waals surface area contributed by atoms with Crippen LogP contribution in [-0.2, 0) is 32.6 Å². The first-order valence-corrected chi connectivity index (χ1v) is 16.1. The lowest BCUT2D eigenvalue weighted by Crippen LogP contribution is -2.53. The third kappa shape index (κ3) is 8.60. The van der Waals surface area contributed by atoms with Gasteiger partial charge in [0.1, 0.15) is 12.6 Å². The van der Waals surface area contributed by atoms with Gasteiger partial charge in [0.2, 0.25) is 11.8 Å². The molecule has 0 aliphatic carbocycles. The van der Waals surface area contributed by atoms with E-state index in [1.54, 1.807) is 54.6 Å². The lowest BCUT2D eigenvalue weighted by molar-refractivity contribution is -0.140. The molecule has 10 heteroatoms. The molecule has 4 rings (SSSR count). The van der Waals surface area contributed by atoms with Gasteiger partial charge in [-0.1, -0.05) is 90.8 Å². The normalized spacial score (nSPS) is 11.9. The number of nitrogens with one attached hydrogen (secondary N) is 1. The molecule has 0 saturated carbocycles. The van der Waals surface area contributed by atoms with E-state index in [0.29, 0.717) is 22.3 Å². The molecule has 0 fully saturated rings. The van der Waals surface area contributed by atoms with Crippen molar-refractivity contribution in [2.75, 3.05) is 17.4 Å². The van der Waals surface area contributed by atoms with E-state index in [1.807, 2.05) is 37.3 Å². The molecule has 0 aliphatic heterocycles. The first-order valence-electron chi connectivity index (χ1n) is 13.9. The highest BCUT2D eigenvalue weighted by atomic mass is 35.5. The summed E-state index contributed by atoms with van der Waals surface area (Å²) in [4.78, 5) is 29.4. The second kappa shape index (κ2) is 15.0. The van der Waals surface area contributed by atoms with E-state index in [0.717, 1.165) is 21.9 Å². The molecule has 0 spiro atoms. The largest absolute Gasteiger partial charge is 0.354 e. The molecule has 1 atom stereocenters. The number of halogens is 2. The van der Waals surface area contributed by atoms with Crippen molar-refractivity contribution in [1.29, 1.82) is 0 Å². The molecular formula is C33H33Cl2N3O4S. The standard InChI is InChI=1S/C33H33Cl2N3O4S/c1-2-21-36-33(40)31(22-25-9-5-3-6-10-25)37(23-26-13-15-27(34)16-14-26)32(39)24-38(29-11-7-4-8-12-29)43(41,42)30-19-17-28(35)18-20-30/h3-20,31H,2,21-24H2,1H3,(H,36,40)/t31-/m0/s1. The summed E-state index contributed by atoms with van der Waals surface area (Å²) in [5, 5.41) is 3.85. The topological polar surface area (TPSA) is 86.8 Å². The zero-order chi connectivity index (χ0) is 30.8. The maximum atomic E-state index is 14.3. The van der Waals surface area contributed by atoms with Gasteiger partial charge in [0.25, 0.3) is 10.0 Å². The van der Waals surface area contributed by atoms with Gasteiger partial charge in [0.15, 0.2) is 0 Å². The van der Waals surface area contributed by atoms with E-state index in [1.165, 1.54) is 29.2 Å². The fourth-order valence-electron chi connectivity index (χ4n) is 4.56. The fourth-order valence-corrected chi connectivity index (χ4v) is 6.23.